The summed E-state index contributed by atoms with van der Waals surface area (Å²) in [6, 6.07) is 4.64. The SMILES string of the molecule is CS(=O)(=O)NCCc1ccc(C(=O)COC(=O)c2cnc(Cl)c(Cl)c2)s1. The van der Waals surface area contributed by atoms with E-state index in [1.54, 1.807) is 12.1 Å². The van der Waals surface area contributed by atoms with Crippen LogP contribution in [0.25, 0.3) is 0 Å². The Morgan fingerprint density at radius 3 is 2.69 bits per heavy atom. The van der Waals surface area contributed by atoms with E-state index in [1.165, 1.54) is 23.6 Å². The molecule has 0 amide bonds. The molecule has 0 aliphatic carbocycles. The number of carbonyl (C=O) groups is 2. The van der Waals surface area contributed by atoms with Crippen LogP contribution in [0.1, 0.15) is 24.9 Å². The van der Waals surface area contributed by atoms with Gasteiger partial charge in [0.15, 0.2) is 6.61 Å². The molecule has 2 aromatic heterocycles. The highest BCUT2D eigenvalue weighted by Crippen LogP contribution is 2.21. The van der Waals surface area contributed by atoms with Gasteiger partial charge in [-0.25, -0.2) is 22.9 Å². The van der Waals surface area contributed by atoms with Crippen molar-refractivity contribution in [2.24, 2.45) is 0 Å². The Bertz CT molecular complexity index is 928. The summed E-state index contributed by atoms with van der Waals surface area (Å²) < 4.78 is 29.4. The monoisotopic (exact) mass is 436 g/mol. The highest BCUT2D eigenvalue weighted by Gasteiger charge is 2.15. The quantitative estimate of drug-likeness (QED) is 0.387. The van der Waals surface area contributed by atoms with E-state index >= 15 is 0 Å². The molecule has 7 nitrogen and oxygen atoms in total. The van der Waals surface area contributed by atoms with Gasteiger partial charge in [-0.15, -0.1) is 11.3 Å². The third-order valence-corrected chi connectivity index (χ3v) is 5.64. The van der Waals surface area contributed by atoms with Crippen LogP contribution < -0.4 is 4.72 Å². The van der Waals surface area contributed by atoms with Crippen molar-refractivity contribution in [3.63, 3.8) is 0 Å². The van der Waals surface area contributed by atoms with Crippen LogP contribution >= 0.6 is 34.5 Å². The lowest BCUT2D eigenvalue weighted by molar-refractivity contribution is 0.0475. The normalized spacial score (nSPS) is 11.3. The molecular weight excluding hydrogens is 423 g/mol. The molecule has 0 aliphatic rings. The predicted molar refractivity (Wildman–Crippen MR) is 99.7 cm³/mol. The smallest absolute Gasteiger partial charge is 0.340 e. The Morgan fingerprint density at radius 1 is 1.31 bits per heavy atom. The Morgan fingerprint density at radius 2 is 2.04 bits per heavy atom. The van der Waals surface area contributed by atoms with Crippen molar-refractivity contribution >= 4 is 56.3 Å². The molecular formula is C15H14Cl2N2O5S2. The third kappa shape index (κ3) is 6.33. The van der Waals surface area contributed by atoms with Gasteiger partial charge in [0.25, 0.3) is 0 Å². The van der Waals surface area contributed by atoms with E-state index in [0.29, 0.717) is 11.3 Å². The second kappa shape index (κ2) is 8.92. The fourth-order valence-corrected chi connectivity index (χ4v) is 3.51. The summed E-state index contributed by atoms with van der Waals surface area (Å²) in [6.07, 6.45) is 2.74. The molecule has 1 N–H and O–H groups in total. The molecule has 0 aliphatic heterocycles. The van der Waals surface area contributed by atoms with Gasteiger partial charge >= 0.3 is 5.97 Å². The summed E-state index contributed by atoms with van der Waals surface area (Å²) in [5.41, 5.74) is 0.0888. The maximum Gasteiger partial charge on any atom is 0.340 e. The Balaban J connectivity index is 1.87. The molecule has 2 heterocycles. The van der Waals surface area contributed by atoms with Crippen LogP contribution in [0.4, 0.5) is 0 Å². The summed E-state index contributed by atoms with van der Waals surface area (Å²) in [6.45, 7) is -0.188. The highest BCUT2D eigenvalue weighted by atomic mass is 35.5. The molecule has 0 spiro atoms. The van der Waals surface area contributed by atoms with Crippen LogP contribution in [0.15, 0.2) is 24.4 Å². The van der Waals surface area contributed by atoms with Gasteiger partial charge in [0.05, 0.1) is 21.7 Å². The van der Waals surface area contributed by atoms with Gasteiger partial charge < -0.3 is 4.74 Å². The number of Topliss-reactive ketones (excluding diaryl/α,β-unsaturated/α-hetero) is 1. The molecule has 0 radical (unpaired) electrons. The minimum atomic E-state index is -3.25. The number of hydrogen-bond donors (Lipinski definition) is 1. The number of sulfonamides is 1. The van der Waals surface area contributed by atoms with Crippen LogP contribution in [0.2, 0.25) is 10.2 Å². The number of aromatic nitrogens is 1. The van der Waals surface area contributed by atoms with E-state index in [4.69, 9.17) is 27.9 Å². The fourth-order valence-electron chi connectivity index (χ4n) is 1.84. The standard InChI is InChI=1S/C15H14Cl2N2O5S2/c1-26(22,23)19-5-4-10-2-3-13(25-10)12(20)8-24-15(21)9-6-11(16)14(17)18-7-9/h2-3,6-7,19H,4-5,8H2,1H3. The molecule has 2 aromatic rings. The second-order valence-electron chi connectivity index (χ2n) is 5.18. The molecule has 0 aromatic carbocycles. The number of halogens is 2. The minimum Gasteiger partial charge on any atom is -0.454 e. The Hall–Kier alpha value is -1.52. The molecule has 0 unspecified atom stereocenters. The molecule has 0 saturated carbocycles. The summed E-state index contributed by atoms with van der Waals surface area (Å²) in [5, 5.41) is 0.175. The fraction of sp³-hybridized carbons (Fsp3) is 0.267. The van der Waals surface area contributed by atoms with Crippen molar-refractivity contribution in [1.82, 2.24) is 9.71 Å². The number of carbonyl (C=O) groups excluding carboxylic acids is 2. The van der Waals surface area contributed by atoms with E-state index in [-0.39, 0.29) is 28.1 Å². The number of thiophene rings is 1. The third-order valence-electron chi connectivity index (χ3n) is 3.04. The average molecular weight is 437 g/mol. The maximum atomic E-state index is 12.1. The number of ketones is 1. The summed E-state index contributed by atoms with van der Waals surface area (Å²) >= 11 is 12.7. The van der Waals surface area contributed by atoms with Gasteiger partial charge in [0, 0.05) is 17.6 Å². The molecule has 0 fully saturated rings. The van der Waals surface area contributed by atoms with E-state index < -0.39 is 22.6 Å². The van der Waals surface area contributed by atoms with E-state index in [9.17, 15) is 18.0 Å². The first kappa shape index (κ1) is 20.8. The van der Waals surface area contributed by atoms with Crippen molar-refractivity contribution in [2.75, 3.05) is 19.4 Å². The first-order valence-electron chi connectivity index (χ1n) is 7.20. The minimum absolute atomic E-state index is 0.0655. The topological polar surface area (TPSA) is 102 Å². The highest BCUT2D eigenvalue weighted by molar-refractivity contribution is 7.88. The van der Waals surface area contributed by atoms with Gasteiger partial charge in [0.1, 0.15) is 5.15 Å². The first-order chi connectivity index (χ1) is 12.2. The number of ether oxygens (including phenoxy) is 1. The van der Waals surface area contributed by atoms with Crippen LogP contribution in [0.3, 0.4) is 0 Å². The number of pyridine rings is 1. The lowest BCUT2D eigenvalue weighted by Gasteiger charge is -2.04. The molecule has 2 rings (SSSR count). The predicted octanol–water partition coefficient (Wildman–Crippen LogP) is 2.58. The molecule has 0 atom stereocenters. The molecule has 0 saturated heterocycles. The lowest BCUT2D eigenvalue weighted by Crippen LogP contribution is -2.24. The number of nitrogens with zero attached hydrogens (tertiary/aromatic N) is 1. The van der Waals surface area contributed by atoms with Crippen molar-refractivity contribution in [3.8, 4) is 0 Å². The number of nitrogens with one attached hydrogen (secondary N) is 1. The molecule has 26 heavy (non-hydrogen) atoms. The summed E-state index contributed by atoms with van der Waals surface area (Å²) in [7, 11) is -3.25. The number of rotatable bonds is 8. The zero-order valence-corrected chi connectivity index (χ0v) is 16.6. The number of hydrogen-bond acceptors (Lipinski definition) is 7. The van der Waals surface area contributed by atoms with Gasteiger partial charge in [0.2, 0.25) is 15.8 Å². The van der Waals surface area contributed by atoms with E-state index in [1.807, 2.05) is 0 Å². The van der Waals surface area contributed by atoms with Gasteiger partial charge in [-0.2, -0.15) is 0 Å². The van der Waals surface area contributed by atoms with Crippen molar-refractivity contribution in [3.05, 3.63) is 49.9 Å². The Labute approximate surface area is 164 Å². The molecule has 0 bridgehead atoms. The van der Waals surface area contributed by atoms with Gasteiger partial charge in [-0.1, -0.05) is 23.2 Å². The van der Waals surface area contributed by atoms with Crippen molar-refractivity contribution < 1.29 is 22.7 Å². The van der Waals surface area contributed by atoms with Crippen molar-refractivity contribution in [2.45, 2.75) is 6.42 Å². The van der Waals surface area contributed by atoms with E-state index in [0.717, 1.165) is 11.1 Å². The van der Waals surface area contributed by atoms with Gasteiger partial charge in [-0.3, -0.25) is 4.79 Å². The second-order valence-corrected chi connectivity index (χ2v) is 8.94. The van der Waals surface area contributed by atoms with E-state index in [2.05, 4.69) is 9.71 Å². The zero-order valence-electron chi connectivity index (χ0n) is 13.5. The Kier molecular flexibility index (Phi) is 7.13. The molecule has 140 valence electrons. The maximum absolute atomic E-state index is 12.1. The summed E-state index contributed by atoms with van der Waals surface area (Å²) in [5.74, 6) is -1.10. The lowest BCUT2D eigenvalue weighted by atomic mass is 10.3. The number of esters is 1. The summed E-state index contributed by atoms with van der Waals surface area (Å²) in [4.78, 5) is 29.0. The van der Waals surface area contributed by atoms with Crippen LogP contribution in [-0.2, 0) is 21.2 Å². The zero-order chi connectivity index (χ0) is 19.3. The first-order valence-corrected chi connectivity index (χ1v) is 10.7. The van der Waals surface area contributed by atoms with Crippen LogP contribution in [0, 0.1) is 0 Å². The van der Waals surface area contributed by atoms with Crippen LogP contribution in [-0.4, -0.2) is 44.6 Å². The van der Waals surface area contributed by atoms with Crippen LogP contribution in [0.5, 0.6) is 0 Å². The van der Waals surface area contributed by atoms with Gasteiger partial charge in [-0.05, 0) is 24.6 Å². The molecule has 11 heteroatoms. The van der Waals surface area contributed by atoms with Crippen molar-refractivity contribution in [1.29, 1.82) is 0 Å². The average Bonchev–Trinajstić information content (AvgIpc) is 3.02. The largest absolute Gasteiger partial charge is 0.454 e.